The van der Waals surface area contributed by atoms with Crippen LogP contribution in [0.25, 0.3) is 0 Å². The lowest BCUT2D eigenvalue weighted by Gasteiger charge is -2.15. The third-order valence-electron chi connectivity index (χ3n) is 2.48. The van der Waals surface area contributed by atoms with Gasteiger partial charge in [0.25, 0.3) is 0 Å². The Morgan fingerprint density at radius 3 is 2.78 bits per heavy atom. The van der Waals surface area contributed by atoms with Crippen molar-refractivity contribution >= 4 is 23.3 Å². The van der Waals surface area contributed by atoms with Crippen LogP contribution < -0.4 is 5.32 Å². The highest BCUT2D eigenvalue weighted by molar-refractivity contribution is 6.31. The van der Waals surface area contributed by atoms with Gasteiger partial charge < -0.3 is 14.8 Å². The number of hydrogen-bond acceptors (Lipinski definition) is 4. The molecular weight excluding hydrogens is 254 g/mol. The highest BCUT2D eigenvalue weighted by Crippen LogP contribution is 2.22. The maximum atomic E-state index is 11.6. The van der Waals surface area contributed by atoms with E-state index in [1.54, 1.807) is 25.3 Å². The normalized spacial score (nSPS) is 12.0. The van der Waals surface area contributed by atoms with Crippen LogP contribution >= 0.6 is 11.6 Å². The number of ether oxygens (including phenoxy) is 2. The Kier molecular flexibility index (Phi) is 5.95. The molecular formula is C13H18ClNO3. The van der Waals surface area contributed by atoms with Gasteiger partial charge in [0.2, 0.25) is 0 Å². The minimum atomic E-state index is -0.381. The third-order valence-corrected chi connectivity index (χ3v) is 2.71. The molecule has 5 heteroatoms. The summed E-state index contributed by atoms with van der Waals surface area (Å²) >= 11 is 5.92. The minimum Gasteiger partial charge on any atom is -0.465 e. The lowest BCUT2D eigenvalue weighted by molar-refractivity contribution is 0.0602. The second-order valence-electron chi connectivity index (χ2n) is 4.12. The van der Waals surface area contributed by atoms with Gasteiger partial charge in [-0.1, -0.05) is 18.5 Å². The molecule has 100 valence electrons. The van der Waals surface area contributed by atoms with E-state index >= 15 is 0 Å². The number of esters is 1. The maximum absolute atomic E-state index is 11.6. The molecule has 1 rings (SSSR count). The van der Waals surface area contributed by atoms with E-state index < -0.39 is 0 Å². The van der Waals surface area contributed by atoms with Crippen LogP contribution in [-0.4, -0.2) is 33.3 Å². The molecule has 0 aromatic heterocycles. The molecule has 0 fully saturated rings. The van der Waals surface area contributed by atoms with E-state index in [2.05, 4.69) is 12.2 Å². The second-order valence-corrected chi connectivity index (χ2v) is 4.56. The summed E-state index contributed by atoms with van der Waals surface area (Å²) < 4.78 is 9.78. The van der Waals surface area contributed by atoms with E-state index in [1.165, 1.54) is 7.11 Å². The Balaban J connectivity index is 2.79. The molecule has 1 aromatic rings. The molecule has 0 heterocycles. The number of benzene rings is 1. The summed E-state index contributed by atoms with van der Waals surface area (Å²) in [7, 11) is 3.02. The monoisotopic (exact) mass is 271 g/mol. The van der Waals surface area contributed by atoms with E-state index in [0.29, 0.717) is 35.3 Å². The van der Waals surface area contributed by atoms with Crippen molar-refractivity contribution in [3.63, 3.8) is 0 Å². The Bertz CT molecular complexity index is 409. The van der Waals surface area contributed by atoms with E-state index in [0.717, 1.165) is 0 Å². The van der Waals surface area contributed by atoms with Gasteiger partial charge in [-0.25, -0.2) is 4.79 Å². The maximum Gasteiger partial charge on any atom is 0.339 e. The van der Waals surface area contributed by atoms with Gasteiger partial charge in [0.1, 0.15) is 0 Å². The van der Waals surface area contributed by atoms with E-state index in [-0.39, 0.29) is 5.97 Å². The van der Waals surface area contributed by atoms with Crippen LogP contribution in [0.15, 0.2) is 18.2 Å². The molecule has 0 amide bonds. The fraction of sp³-hybridized carbons (Fsp3) is 0.462. The van der Waals surface area contributed by atoms with Gasteiger partial charge in [-0.3, -0.25) is 0 Å². The van der Waals surface area contributed by atoms with Crippen molar-refractivity contribution in [2.24, 2.45) is 5.92 Å². The molecule has 0 saturated heterocycles. The van der Waals surface area contributed by atoms with E-state index in [1.807, 2.05) is 0 Å². The summed E-state index contributed by atoms with van der Waals surface area (Å²) in [5, 5.41) is 3.76. The summed E-state index contributed by atoms with van der Waals surface area (Å²) in [5.74, 6) is -0.0481. The zero-order chi connectivity index (χ0) is 13.5. The molecule has 0 saturated carbocycles. The summed E-state index contributed by atoms with van der Waals surface area (Å²) in [6.45, 7) is 3.40. The number of hydrogen-bond donors (Lipinski definition) is 1. The van der Waals surface area contributed by atoms with E-state index in [4.69, 9.17) is 21.1 Å². The zero-order valence-electron chi connectivity index (χ0n) is 10.8. The van der Waals surface area contributed by atoms with Crippen LogP contribution in [0.1, 0.15) is 17.3 Å². The average molecular weight is 272 g/mol. The molecule has 0 spiro atoms. The van der Waals surface area contributed by atoms with Gasteiger partial charge >= 0.3 is 5.97 Å². The first-order chi connectivity index (χ1) is 8.58. The van der Waals surface area contributed by atoms with Crippen molar-refractivity contribution in [2.45, 2.75) is 6.92 Å². The lowest BCUT2D eigenvalue weighted by atomic mass is 10.1. The Morgan fingerprint density at radius 2 is 2.17 bits per heavy atom. The first-order valence-electron chi connectivity index (χ1n) is 5.69. The fourth-order valence-corrected chi connectivity index (χ4v) is 1.75. The molecule has 0 aliphatic rings. The largest absolute Gasteiger partial charge is 0.465 e. The third kappa shape index (κ3) is 4.20. The van der Waals surface area contributed by atoms with Gasteiger partial charge in [-0.05, 0) is 24.1 Å². The summed E-state index contributed by atoms with van der Waals surface area (Å²) in [6, 6.07) is 5.03. The fourth-order valence-electron chi connectivity index (χ4n) is 1.58. The molecule has 1 atom stereocenters. The van der Waals surface area contributed by atoms with Gasteiger partial charge in [0, 0.05) is 18.7 Å². The molecule has 4 nitrogen and oxygen atoms in total. The van der Waals surface area contributed by atoms with Crippen LogP contribution in [0.3, 0.4) is 0 Å². The number of nitrogens with one attached hydrogen (secondary N) is 1. The Morgan fingerprint density at radius 1 is 1.44 bits per heavy atom. The zero-order valence-corrected chi connectivity index (χ0v) is 11.6. The highest BCUT2D eigenvalue weighted by atomic mass is 35.5. The number of halogens is 1. The SMILES string of the molecule is COCC(C)CNc1cc(Cl)ccc1C(=O)OC. The van der Waals surface area contributed by atoms with Crippen molar-refractivity contribution in [3.8, 4) is 0 Å². The van der Waals surface area contributed by atoms with Gasteiger partial charge in [0.15, 0.2) is 0 Å². The predicted octanol–water partition coefficient (Wildman–Crippen LogP) is 2.82. The molecule has 1 aromatic carbocycles. The second kappa shape index (κ2) is 7.24. The highest BCUT2D eigenvalue weighted by Gasteiger charge is 2.12. The average Bonchev–Trinajstić information content (AvgIpc) is 2.36. The quantitative estimate of drug-likeness (QED) is 0.809. The van der Waals surface area contributed by atoms with Gasteiger partial charge in [-0.2, -0.15) is 0 Å². The molecule has 0 radical (unpaired) electrons. The van der Waals surface area contributed by atoms with Crippen molar-refractivity contribution in [3.05, 3.63) is 28.8 Å². The Hall–Kier alpha value is -1.26. The molecule has 0 bridgehead atoms. The molecule has 1 N–H and O–H groups in total. The molecule has 18 heavy (non-hydrogen) atoms. The molecule has 1 unspecified atom stereocenters. The number of methoxy groups -OCH3 is 2. The number of carbonyl (C=O) groups is 1. The standard InChI is InChI=1S/C13H18ClNO3/c1-9(8-17-2)7-15-12-6-10(14)4-5-11(12)13(16)18-3/h4-6,9,15H,7-8H2,1-3H3. The first kappa shape index (κ1) is 14.8. The van der Waals surface area contributed by atoms with Crippen LogP contribution in [0, 0.1) is 5.92 Å². The van der Waals surface area contributed by atoms with Crippen molar-refractivity contribution < 1.29 is 14.3 Å². The van der Waals surface area contributed by atoms with Crippen molar-refractivity contribution in [1.82, 2.24) is 0 Å². The number of carbonyl (C=O) groups excluding carboxylic acids is 1. The topological polar surface area (TPSA) is 47.6 Å². The molecule has 0 aliphatic carbocycles. The van der Waals surface area contributed by atoms with Gasteiger partial charge in [-0.15, -0.1) is 0 Å². The summed E-state index contributed by atoms with van der Waals surface area (Å²) in [6.07, 6.45) is 0. The van der Waals surface area contributed by atoms with Crippen LogP contribution in [0.4, 0.5) is 5.69 Å². The smallest absolute Gasteiger partial charge is 0.339 e. The van der Waals surface area contributed by atoms with Gasteiger partial charge in [0.05, 0.1) is 25.0 Å². The predicted molar refractivity (Wildman–Crippen MR) is 72.3 cm³/mol. The minimum absolute atomic E-state index is 0.333. The number of rotatable bonds is 6. The Labute approximate surface area is 112 Å². The van der Waals surface area contributed by atoms with Crippen LogP contribution in [0.5, 0.6) is 0 Å². The number of anilines is 1. The van der Waals surface area contributed by atoms with Crippen LogP contribution in [0.2, 0.25) is 5.02 Å². The van der Waals surface area contributed by atoms with Crippen LogP contribution in [-0.2, 0) is 9.47 Å². The molecule has 0 aliphatic heterocycles. The lowest BCUT2D eigenvalue weighted by Crippen LogP contribution is -2.17. The van der Waals surface area contributed by atoms with Crippen molar-refractivity contribution in [2.75, 3.05) is 32.7 Å². The first-order valence-corrected chi connectivity index (χ1v) is 6.07. The summed E-state index contributed by atoms with van der Waals surface area (Å²) in [5.41, 5.74) is 1.16. The van der Waals surface area contributed by atoms with Crippen molar-refractivity contribution in [1.29, 1.82) is 0 Å². The van der Waals surface area contributed by atoms with E-state index in [9.17, 15) is 4.79 Å². The summed E-state index contributed by atoms with van der Waals surface area (Å²) in [4.78, 5) is 11.6.